The Bertz CT molecular complexity index is 1030. The first-order valence-corrected chi connectivity index (χ1v) is 10.3. The molecule has 0 fully saturated rings. The minimum absolute atomic E-state index is 0.0271. The Morgan fingerprint density at radius 3 is 2.75 bits per heavy atom. The molecule has 0 radical (unpaired) electrons. The summed E-state index contributed by atoms with van der Waals surface area (Å²) in [6.07, 6.45) is 0.187. The van der Waals surface area contributed by atoms with Gasteiger partial charge >= 0.3 is 0 Å². The van der Waals surface area contributed by atoms with Crippen molar-refractivity contribution in [3.05, 3.63) is 86.6 Å². The molecule has 2 heterocycles. The molecule has 1 aromatic heterocycles. The zero-order valence-corrected chi connectivity index (χ0v) is 16.9. The van der Waals surface area contributed by atoms with Gasteiger partial charge in [-0.25, -0.2) is 0 Å². The van der Waals surface area contributed by atoms with Crippen LogP contribution in [0.1, 0.15) is 38.8 Å². The van der Waals surface area contributed by atoms with E-state index in [0.717, 1.165) is 21.6 Å². The Morgan fingerprint density at radius 2 is 2.00 bits per heavy atom. The smallest absolute Gasteiger partial charge is 0.255 e. The van der Waals surface area contributed by atoms with E-state index in [1.807, 2.05) is 60.8 Å². The summed E-state index contributed by atoms with van der Waals surface area (Å²) in [4.78, 5) is 28.6. The van der Waals surface area contributed by atoms with Crippen LogP contribution in [-0.2, 0) is 11.3 Å². The average molecular weight is 411 g/mol. The number of fused-ring (bicyclic) bond motifs is 1. The fourth-order valence-electron chi connectivity index (χ4n) is 3.49. The summed E-state index contributed by atoms with van der Waals surface area (Å²) in [5.41, 5.74) is 3.24. The van der Waals surface area contributed by atoms with E-state index < -0.39 is 0 Å². The predicted molar refractivity (Wildman–Crippen MR) is 113 cm³/mol. The molecular formula is C22H19ClN2O2S. The highest BCUT2D eigenvalue weighted by molar-refractivity contribution is 7.10. The third-order valence-electron chi connectivity index (χ3n) is 5.02. The fourth-order valence-corrected chi connectivity index (χ4v) is 4.51. The molecule has 28 heavy (non-hydrogen) atoms. The Morgan fingerprint density at radius 1 is 1.18 bits per heavy atom. The molecule has 2 amide bonds. The van der Waals surface area contributed by atoms with Crippen LogP contribution in [0.5, 0.6) is 0 Å². The number of benzene rings is 2. The maximum atomic E-state index is 13.0. The molecular weight excluding hydrogens is 392 g/mol. The van der Waals surface area contributed by atoms with E-state index in [4.69, 9.17) is 11.6 Å². The topological polar surface area (TPSA) is 49.4 Å². The molecule has 0 aliphatic carbocycles. The lowest BCUT2D eigenvalue weighted by molar-refractivity contribution is -0.117. The summed E-state index contributed by atoms with van der Waals surface area (Å²) < 4.78 is 0. The Balaban J connectivity index is 1.57. The minimum atomic E-state index is -0.306. The molecule has 6 heteroatoms. The summed E-state index contributed by atoms with van der Waals surface area (Å²) in [7, 11) is 0. The molecule has 0 saturated carbocycles. The summed E-state index contributed by atoms with van der Waals surface area (Å²) >= 11 is 7.71. The van der Waals surface area contributed by atoms with E-state index in [0.29, 0.717) is 17.3 Å². The van der Waals surface area contributed by atoms with Gasteiger partial charge in [-0.05, 0) is 47.7 Å². The van der Waals surface area contributed by atoms with Crippen LogP contribution in [0.2, 0.25) is 5.02 Å². The van der Waals surface area contributed by atoms with Gasteiger partial charge in [0.25, 0.3) is 5.91 Å². The number of hydrogen-bond acceptors (Lipinski definition) is 3. The van der Waals surface area contributed by atoms with Gasteiger partial charge in [0.2, 0.25) is 5.91 Å². The summed E-state index contributed by atoms with van der Waals surface area (Å²) in [6, 6.07) is 16.7. The lowest BCUT2D eigenvalue weighted by Gasteiger charge is -2.27. The third kappa shape index (κ3) is 3.55. The highest BCUT2D eigenvalue weighted by Crippen LogP contribution is 2.35. The van der Waals surface area contributed by atoms with Crippen molar-refractivity contribution in [2.24, 2.45) is 0 Å². The van der Waals surface area contributed by atoms with Gasteiger partial charge in [-0.2, -0.15) is 0 Å². The lowest BCUT2D eigenvalue weighted by atomic mass is 10.1. The molecule has 3 aromatic rings. The standard InChI is InChI=1S/C22H19ClN2O2S/c1-14-17(23)8-4-9-18(14)24-21(26)12-19(20-10-5-11-28-20)25-13-15-6-2-3-7-16(15)22(25)27/h2-11,19H,12-13H2,1H3,(H,24,26)/t19-/m0/s1. The minimum Gasteiger partial charge on any atom is -0.326 e. The molecule has 1 aliphatic heterocycles. The van der Waals surface area contributed by atoms with Crippen molar-refractivity contribution >= 4 is 40.4 Å². The van der Waals surface area contributed by atoms with Gasteiger partial charge in [-0.3, -0.25) is 9.59 Å². The normalized spacial score (nSPS) is 14.1. The first-order chi connectivity index (χ1) is 13.5. The fraction of sp³-hybridized carbons (Fsp3) is 0.182. The number of nitrogens with one attached hydrogen (secondary N) is 1. The Kier molecular flexibility index (Phi) is 5.20. The van der Waals surface area contributed by atoms with Crippen molar-refractivity contribution in [2.45, 2.75) is 25.9 Å². The van der Waals surface area contributed by atoms with E-state index in [2.05, 4.69) is 5.32 Å². The van der Waals surface area contributed by atoms with Crippen LogP contribution in [0.25, 0.3) is 0 Å². The van der Waals surface area contributed by atoms with Crippen LogP contribution >= 0.6 is 22.9 Å². The monoisotopic (exact) mass is 410 g/mol. The number of rotatable bonds is 5. The van der Waals surface area contributed by atoms with Crippen LogP contribution in [0.3, 0.4) is 0 Å². The van der Waals surface area contributed by atoms with Crippen molar-refractivity contribution in [2.75, 3.05) is 5.32 Å². The molecule has 4 nitrogen and oxygen atoms in total. The summed E-state index contributed by atoms with van der Waals surface area (Å²) in [5.74, 6) is -0.173. The number of hydrogen-bond donors (Lipinski definition) is 1. The quantitative estimate of drug-likeness (QED) is 0.609. The van der Waals surface area contributed by atoms with Gasteiger partial charge in [0.15, 0.2) is 0 Å². The van der Waals surface area contributed by atoms with Crippen LogP contribution in [-0.4, -0.2) is 16.7 Å². The van der Waals surface area contributed by atoms with E-state index in [1.165, 1.54) is 0 Å². The first kappa shape index (κ1) is 18.7. The van der Waals surface area contributed by atoms with Crippen LogP contribution in [0.15, 0.2) is 60.0 Å². The van der Waals surface area contributed by atoms with E-state index >= 15 is 0 Å². The molecule has 0 spiro atoms. The molecule has 1 aliphatic rings. The molecule has 0 bridgehead atoms. The van der Waals surface area contributed by atoms with Crippen molar-refractivity contribution < 1.29 is 9.59 Å². The number of carbonyl (C=O) groups is 2. The predicted octanol–water partition coefficient (Wildman–Crippen LogP) is 5.44. The van der Waals surface area contributed by atoms with Gasteiger partial charge in [0, 0.05) is 27.7 Å². The number of carbonyl (C=O) groups excluding carboxylic acids is 2. The Labute approximate surface area is 172 Å². The number of halogens is 1. The van der Waals surface area contributed by atoms with E-state index in [1.54, 1.807) is 22.3 Å². The molecule has 0 saturated heterocycles. The van der Waals surface area contributed by atoms with Crippen molar-refractivity contribution in [1.29, 1.82) is 0 Å². The molecule has 4 rings (SSSR count). The molecule has 0 unspecified atom stereocenters. The largest absolute Gasteiger partial charge is 0.326 e. The molecule has 1 atom stereocenters. The SMILES string of the molecule is Cc1c(Cl)cccc1NC(=O)C[C@@H](c1cccs1)N1Cc2ccccc2C1=O. The van der Waals surface area contributed by atoms with Gasteiger partial charge in [-0.15, -0.1) is 11.3 Å². The van der Waals surface area contributed by atoms with Crippen LogP contribution in [0.4, 0.5) is 5.69 Å². The molecule has 1 N–H and O–H groups in total. The maximum absolute atomic E-state index is 13.0. The maximum Gasteiger partial charge on any atom is 0.255 e. The van der Waals surface area contributed by atoms with Gasteiger partial charge < -0.3 is 10.2 Å². The first-order valence-electron chi connectivity index (χ1n) is 9.02. The van der Waals surface area contributed by atoms with Gasteiger partial charge in [0.1, 0.15) is 0 Å². The zero-order valence-electron chi connectivity index (χ0n) is 15.3. The number of nitrogens with zero attached hydrogens (tertiary/aromatic N) is 1. The summed E-state index contributed by atoms with van der Waals surface area (Å²) in [6.45, 7) is 2.39. The van der Waals surface area contributed by atoms with Crippen molar-refractivity contribution in [3.8, 4) is 0 Å². The van der Waals surface area contributed by atoms with E-state index in [-0.39, 0.29) is 24.3 Å². The lowest BCUT2D eigenvalue weighted by Crippen LogP contribution is -2.31. The second kappa shape index (κ2) is 7.78. The van der Waals surface area contributed by atoms with E-state index in [9.17, 15) is 9.59 Å². The van der Waals surface area contributed by atoms with Crippen LogP contribution in [0, 0.1) is 6.92 Å². The molecule has 142 valence electrons. The zero-order chi connectivity index (χ0) is 19.7. The third-order valence-corrected chi connectivity index (χ3v) is 6.40. The van der Waals surface area contributed by atoms with Gasteiger partial charge in [-0.1, -0.05) is 41.9 Å². The second-order valence-electron chi connectivity index (χ2n) is 6.79. The second-order valence-corrected chi connectivity index (χ2v) is 8.17. The van der Waals surface area contributed by atoms with Crippen LogP contribution < -0.4 is 5.32 Å². The highest BCUT2D eigenvalue weighted by atomic mass is 35.5. The number of anilines is 1. The Hall–Kier alpha value is -2.63. The highest BCUT2D eigenvalue weighted by Gasteiger charge is 2.34. The number of amides is 2. The van der Waals surface area contributed by atoms with Crippen molar-refractivity contribution in [3.63, 3.8) is 0 Å². The summed E-state index contributed by atoms with van der Waals surface area (Å²) in [5, 5.41) is 5.52. The molecule has 2 aromatic carbocycles. The van der Waals surface area contributed by atoms with Gasteiger partial charge in [0.05, 0.1) is 12.5 Å². The number of thiophene rings is 1. The average Bonchev–Trinajstić information content (AvgIpc) is 3.33. The van der Waals surface area contributed by atoms with Crippen molar-refractivity contribution in [1.82, 2.24) is 4.90 Å².